The lowest BCUT2D eigenvalue weighted by molar-refractivity contribution is 0.0594. The van der Waals surface area contributed by atoms with Crippen LogP contribution in [0.15, 0.2) is 52.9 Å². The van der Waals surface area contributed by atoms with E-state index in [0.717, 1.165) is 46.6 Å². The highest BCUT2D eigenvalue weighted by Gasteiger charge is 2.24. The van der Waals surface area contributed by atoms with Crippen LogP contribution in [0.25, 0.3) is 0 Å². The Hall–Kier alpha value is -2.47. The zero-order valence-electron chi connectivity index (χ0n) is 19.8. The molecule has 2 heterocycles. The zero-order chi connectivity index (χ0) is 24.2. The van der Waals surface area contributed by atoms with E-state index in [1.54, 1.807) is 6.07 Å². The number of hydrogen-bond acceptors (Lipinski definition) is 4. The minimum atomic E-state index is -0.0809. The second-order valence-electron chi connectivity index (χ2n) is 9.04. The molecule has 0 N–H and O–H groups in total. The average Bonchev–Trinajstić information content (AvgIpc) is 3.30. The van der Waals surface area contributed by atoms with Crippen molar-refractivity contribution < 1.29 is 13.9 Å². The van der Waals surface area contributed by atoms with Crippen LogP contribution in [-0.2, 0) is 13.2 Å². The van der Waals surface area contributed by atoms with E-state index < -0.39 is 0 Å². The van der Waals surface area contributed by atoms with Gasteiger partial charge in [0.15, 0.2) is 5.76 Å². The van der Waals surface area contributed by atoms with Crippen molar-refractivity contribution in [1.82, 2.24) is 9.80 Å². The maximum Gasteiger partial charge on any atom is 0.289 e. The number of nitrogens with zero attached hydrogens (tertiary/aromatic N) is 2. The summed E-state index contributed by atoms with van der Waals surface area (Å²) in [5.74, 6) is 1.95. The molecule has 0 saturated carbocycles. The number of benzene rings is 2. The van der Waals surface area contributed by atoms with Crippen LogP contribution in [0.3, 0.4) is 0 Å². The summed E-state index contributed by atoms with van der Waals surface area (Å²) in [4.78, 5) is 17.1. The highest BCUT2D eigenvalue weighted by Crippen LogP contribution is 2.32. The standard InChI is InChI=1S/C27H30Cl2N2O3/c1-18(2)23-15-24(29)19(3)14-26(23)33-17-22-8-9-25(34-22)27(32)31-12-10-30(11-13-31)16-20-4-6-21(28)7-5-20/h4-9,14-15,18H,10-13,16-17H2,1-3H3. The van der Waals surface area contributed by atoms with E-state index in [1.165, 1.54) is 5.56 Å². The van der Waals surface area contributed by atoms with E-state index in [2.05, 4.69) is 18.7 Å². The third kappa shape index (κ3) is 5.96. The summed E-state index contributed by atoms with van der Waals surface area (Å²) in [5, 5.41) is 1.47. The Kier molecular flexibility index (Phi) is 7.87. The molecule has 4 rings (SSSR count). The normalized spacial score (nSPS) is 14.6. The van der Waals surface area contributed by atoms with Gasteiger partial charge in [0.25, 0.3) is 5.91 Å². The van der Waals surface area contributed by atoms with Gasteiger partial charge in [0.2, 0.25) is 0 Å². The van der Waals surface area contributed by atoms with Crippen molar-refractivity contribution in [2.24, 2.45) is 0 Å². The SMILES string of the molecule is Cc1cc(OCc2ccc(C(=O)N3CCN(Cc4ccc(Cl)cc4)CC3)o2)c(C(C)C)cc1Cl. The van der Waals surface area contributed by atoms with Crippen molar-refractivity contribution in [3.63, 3.8) is 0 Å². The summed E-state index contributed by atoms with van der Waals surface area (Å²) in [6.45, 7) is 10.2. The fourth-order valence-corrected chi connectivity index (χ4v) is 4.38. The second kappa shape index (κ2) is 10.9. The van der Waals surface area contributed by atoms with Crippen molar-refractivity contribution in [3.05, 3.63) is 86.8 Å². The van der Waals surface area contributed by atoms with Crippen LogP contribution in [0.5, 0.6) is 5.75 Å². The van der Waals surface area contributed by atoms with Gasteiger partial charge in [-0.25, -0.2) is 0 Å². The third-order valence-electron chi connectivity index (χ3n) is 6.13. The summed E-state index contributed by atoms with van der Waals surface area (Å²) in [7, 11) is 0. The van der Waals surface area contributed by atoms with E-state index in [1.807, 2.05) is 54.3 Å². The van der Waals surface area contributed by atoms with Gasteiger partial charge in [-0.3, -0.25) is 9.69 Å². The molecule has 5 nitrogen and oxygen atoms in total. The number of hydrogen-bond donors (Lipinski definition) is 0. The molecular formula is C27H30Cl2N2O3. The fourth-order valence-electron chi connectivity index (χ4n) is 4.08. The fraction of sp³-hybridized carbons (Fsp3) is 0.370. The first-order valence-electron chi connectivity index (χ1n) is 11.6. The molecule has 1 saturated heterocycles. The van der Waals surface area contributed by atoms with Crippen LogP contribution < -0.4 is 4.74 Å². The van der Waals surface area contributed by atoms with Crippen LogP contribution in [0.1, 0.15) is 52.8 Å². The van der Waals surface area contributed by atoms with E-state index in [9.17, 15) is 4.79 Å². The van der Waals surface area contributed by atoms with E-state index in [-0.39, 0.29) is 18.4 Å². The van der Waals surface area contributed by atoms with E-state index in [0.29, 0.717) is 24.6 Å². The molecule has 180 valence electrons. The summed E-state index contributed by atoms with van der Waals surface area (Å²) in [6.07, 6.45) is 0. The molecule has 34 heavy (non-hydrogen) atoms. The van der Waals surface area contributed by atoms with Crippen molar-refractivity contribution in [1.29, 1.82) is 0 Å². The van der Waals surface area contributed by atoms with Gasteiger partial charge < -0.3 is 14.1 Å². The summed E-state index contributed by atoms with van der Waals surface area (Å²) >= 11 is 12.3. The maximum atomic E-state index is 13.0. The molecular weight excluding hydrogens is 471 g/mol. The number of rotatable bonds is 7. The molecule has 0 atom stereocenters. The van der Waals surface area contributed by atoms with Crippen LogP contribution in [0.2, 0.25) is 10.0 Å². The number of amides is 1. The number of carbonyl (C=O) groups is 1. The van der Waals surface area contributed by atoms with Gasteiger partial charge in [-0.05, 0) is 65.9 Å². The van der Waals surface area contributed by atoms with Crippen LogP contribution in [0.4, 0.5) is 0 Å². The largest absolute Gasteiger partial charge is 0.485 e. The molecule has 1 fully saturated rings. The lowest BCUT2D eigenvalue weighted by Crippen LogP contribution is -2.48. The minimum Gasteiger partial charge on any atom is -0.485 e. The third-order valence-corrected chi connectivity index (χ3v) is 6.79. The van der Waals surface area contributed by atoms with Crippen LogP contribution in [-0.4, -0.2) is 41.9 Å². The predicted octanol–water partition coefficient (Wildman–Crippen LogP) is 6.56. The Bertz CT molecular complexity index is 1130. The lowest BCUT2D eigenvalue weighted by atomic mass is 10.0. The predicted molar refractivity (Wildman–Crippen MR) is 136 cm³/mol. The van der Waals surface area contributed by atoms with Gasteiger partial charge in [-0.2, -0.15) is 0 Å². The van der Waals surface area contributed by atoms with Crippen molar-refractivity contribution in [2.45, 2.75) is 39.8 Å². The Morgan fingerprint density at radius 2 is 1.74 bits per heavy atom. The number of ether oxygens (including phenoxy) is 1. The molecule has 0 spiro atoms. The van der Waals surface area contributed by atoms with Crippen LogP contribution in [0, 0.1) is 6.92 Å². The van der Waals surface area contributed by atoms with Gasteiger partial charge in [0.1, 0.15) is 18.1 Å². The van der Waals surface area contributed by atoms with Gasteiger partial charge in [-0.1, -0.05) is 49.2 Å². The minimum absolute atomic E-state index is 0.0809. The van der Waals surface area contributed by atoms with Gasteiger partial charge in [-0.15, -0.1) is 0 Å². The molecule has 1 amide bonds. The Balaban J connectivity index is 1.32. The molecule has 1 aliphatic heterocycles. The van der Waals surface area contributed by atoms with E-state index in [4.69, 9.17) is 32.4 Å². The van der Waals surface area contributed by atoms with Gasteiger partial charge in [0.05, 0.1) is 0 Å². The van der Waals surface area contributed by atoms with E-state index >= 15 is 0 Å². The lowest BCUT2D eigenvalue weighted by Gasteiger charge is -2.34. The zero-order valence-corrected chi connectivity index (χ0v) is 21.3. The van der Waals surface area contributed by atoms with Crippen molar-refractivity contribution in [2.75, 3.05) is 26.2 Å². The first-order valence-corrected chi connectivity index (χ1v) is 12.3. The molecule has 2 aromatic carbocycles. The maximum absolute atomic E-state index is 13.0. The monoisotopic (exact) mass is 500 g/mol. The number of furan rings is 1. The van der Waals surface area contributed by atoms with Crippen molar-refractivity contribution in [3.8, 4) is 5.75 Å². The number of carbonyl (C=O) groups excluding carboxylic acids is 1. The first-order chi connectivity index (χ1) is 16.3. The first kappa shape index (κ1) is 24.6. The summed E-state index contributed by atoms with van der Waals surface area (Å²) in [5.41, 5.74) is 3.23. The smallest absolute Gasteiger partial charge is 0.289 e. The molecule has 0 bridgehead atoms. The van der Waals surface area contributed by atoms with Gasteiger partial charge in [0, 0.05) is 42.8 Å². The molecule has 7 heteroatoms. The summed E-state index contributed by atoms with van der Waals surface area (Å²) < 4.78 is 11.9. The molecule has 0 radical (unpaired) electrons. The second-order valence-corrected chi connectivity index (χ2v) is 9.89. The van der Waals surface area contributed by atoms with Crippen LogP contribution >= 0.6 is 23.2 Å². The molecule has 1 aliphatic rings. The number of piperazine rings is 1. The highest BCUT2D eigenvalue weighted by molar-refractivity contribution is 6.31. The molecule has 0 aliphatic carbocycles. The quantitative estimate of drug-likeness (QED) is 0.368. The number of halogens is 2. The van der Waals surface area contributed by atoms with Gasteiger partial charge >= 0.3 is 0 Å². The topological polar surface area (TPSA) is 45.9 Å². The molecule has 3 aromatic rings. The molecule has 1 aromatic heterocycles. The molecule has 0 unspecified atom stereocenters. The highest BCUT2D eigenvalue weighted by atomic mass is 35.5. The average molecular weight is 501 g/mol. The van der Waals surface area contributed by atoms with Crippen molar-refractivity contribution >= 4 is 29.1 Å². The Morgan fingerprint density at radius 3 is 2.41 bits per heavy atom. The Morgan fingerprint density at radius 1 is 1.03 bits per heavy atom. The number of aryl methyl sites for hydroxylation is 1. The summed E-state index contributed by atoms with van der Waals surface area (Å²) in [6, 6.07) is 15.4. The Labute approximate surface area is 211 Å².